The summed E-state index contributed by atoms with van der Waals surface area (Å²) in [6.45, 7) is 5.41. The van der Waals surface area contributed by atoms with Crippen LogP contribution in [0.2, 0.25) is 0 Å². The number of aliphatic hydroxyl groups is 1. The van der Waals surface area contributed by atoms with E-state index in [1.54, 1.807) is 6.08 Å². The molecular formula is C10H16O3. The quantitative estimate of drug-likeness (QED) is 0.517. The SMILES string of the molecule is C=CCC[C@@H](O)C[C@@H]1OC(=O)[C@H]1C. The molecule has 1 heterocycles. The third kappa shape index (κ3) is 2.56. The molecule has 1 N–H and O–H groups in total. The van der Waals surface area contributed by atoms with Gasteiger partial charge in [-0.3, -0.25) is 4.79 Å². The van der Waals surface area contributed by atoms with Gasteiger partial charge in [-0.1, -0.05) is 6.08 Å². The molecule has 0 radical (unpaired) electrons. The summed E-state index contributed by atoms with van der Waals surface area (Å²) in [5, 5.41) is 9.48. The highest BCUT2D eigenvalue weighted by Crippen LogP contribution is 2.26. The van der Waals surface area contributed by atoms with Crippen LogP contribution in [0.25, 0.3) is 0 Å². The van der Waals surface area contributed by atoms with Crippen molar-refractivity contribution in [2.45, 2.75) is 38.4 Å². The normalized spacial score (nSPS) is 28.9. The molecule has 0 unspecified atom stereocenters. The largest absolute Gasteiger partial charge is 0.461 e. The van der Waals surface area contributed by atoms with E-state index in [2.05, 4.69) is 6.58 Å². The lowest BCUT2D eigenvalue weighted by molar-refractivity contribution is -0.185. The standard InChI is InChI=1S/C10H16O3/c1-3-4-5-8(11)6-9-7(2)10(12)13-9/h3,7-9,11H,1,4-6H2,2H3/t7-,8+,9-/m0/s1. The summed E-state index contributed by atoms with van der Waals surface area (Å²) in [6, 6.07) is 0. The summed E-state index contributed by atoms with van der Waals surface area (Å²) in [5.74, 6) is -0.195. The Hall–Kier alpha value is -0.830. The first kappa shape index (κ1) is 10.3. The highest BCUT2D eigenvalue weighted by atomic mass is 16.6. The zero-order valence-electron chi connectivity index (χ0n) is 7.90. The van der Waals surface area contributed by atoms with E-state index in [9.17, 15) is 9.90 Å². The average molecular weight is 184 g/mol. The molecule has 13 heavy (non-hydrogen) atoms. The van der Waals surface area contributed by atoms with E-state index in [0.717, 1.165) is 6.42 Å². The fourth-order valence-corrected chi connectivity index (χ4v) is 1.39. The molecule has 0 spiro atoms. The third-order valence-corrected chi connectivity index (χ3v) is 2.41. The van der Waals surface area contributed by atoms with Crippen molar-refractivity contribution < 1.29 is 14.6 Å². The van der Waals surface area contributed by atoms with E-state index in [1.165, 1.54) is 0 Å². The van der Waals surface area contributed by atoms with Crippen molar-refractivity contribution in [3.05, 3.63) is 12.7 Å². The van der Waals surface area contributed by atoms with E-state index in [0.29, 0.717) is 12.8 Å². The second-order valence-electron chi connectivity index (χ2n) is 3.52. The molecule has 0 amide bonds. The maximum absolute atomic E-state index is 10.7. The number of ether oxygens (including phenoxy) is 1. The van der Waals surface area contributed by atoms with E-state index in [4.69, 9.17) is 4.74 Å². The van der Waals surface area contributed by atoms with Crippen LogP contribution >= 0.6 is 0 Å². The van der Waals surface area contributed by atoms with Crippen molar-refractivity contribution in [1.29, 1.82) is 0 Å². The highest BCUT2D eigenvalue weighted by Gasteiger charge is 2.39. The molecular weight excluding hydrogens is 168 g/mol. The number of aliphatic hydroxyl groups excluding tert-OH is 1. The lowest BCUT2D eigenvalue weighted by Crippen LogP contribution is -2.44. The van der Waals surface area contributed by atoms with Crippen LogP contribution in [0, 0.1) is 5.92 Å². The molecule has 0 aromatic carbocycles. The van der Waals surface area contributed by atoms with Crippen LogP contribution in [-0.4, -0.2) is 23.3 Å². The van der Waals surface area contributed by atoms with E-state index in [1.807, 2.05) is 6.92 Å². The van der Waals surface area contributed by atoms with Crippen molar-refractivity contribution >= 4 is 5.97 Å². The van der Waals surface area contributed by atoms with E-state index in [-0.39, 0.29) is 24.1 Å². The average Bonchev–Trinajstić information content (AvgIpc) is 2.13. The molecule has 0 saturated carbocycles. The van der Waals surface area contributed by atoms with Gasteiger partial charge in [-0.15, -0.1) is 6.58 Å². The first-order chi connectivity index (χ1) is 6.15. The predicted octanol–water partition coefficient (Wildman–Crippen LogP) is 1.27. The van der Waals surface area contributed by atoms with Crippen molar-refractivity contribution in [1.82, 2.24) is 0 Å². The Kier molecular flexibility index (Phi) is 3.48. The Labute approximate surface area is 78.4 Å². The Morgan fingerprint density at radius 3 is 2.92 bits per heavy atom. The predicted molar refractivity (Wildman–Crippen MR) is 49.1 cm³/mol. The summed E-state index contributed by atoms with van der Waals surface area (Å²) in [6.07, 6.45) is 3.38. The number of carbonyl (C=O) groups is 1. The summed E-state index contributed by atoms with van der Waals surface area (Å²) < 4.78 is 4.88. The molecule has 1 fully saturated rings. The molecule has 0 bridgehead atoms. The minimum Gasteiger partial charge on any atom is -0.461 e. The first-order valence-corrected chi connectivity index (χ1v) is 4.64. The summed E-state index contributed by atoms with van der Waals surface area (Å²) in [5.41, 5.74) is 0. The molecule has 1 aliphatic rings. The van der Waals surface area contributed by atoms with Gasteiger partial charge in [-0.2, -0.15) is 0 Å². The topological polar surface area (TPSA) is 46.5 Å². The van der Waals surface area contributed by atoms with Crippen LogP contribution in [0.1, 0.15) is 26.2 Å². The van der Waals surface area contributed by atoms with Crippen molar-refractivity contribution in [3.63, 3.8) is 0 Å². The van der Waals surface area contributed by atoms with Gasteiger partial charge in [0.1, 0.15) is 6.10 Å². The van der Waals surface area contributed by atoms with E-state index >= 15 is 0 Å². The van der Waals surface area contributed by atoms with Crippen LogP contribution in [0.15, 0.2) is 12.7 Å². The van der Waals surface area contributed by atoms with Crippen molar-refractivity contribution in [2.24, 2.45) is 5.92 Å². The third-order valence-electron chi connectivity index (χ3n) is 2.41. The number of carbonyl (C=O) groups excluding carboxylic acids is 1. The van der Waals surface area contributed by atoms with Gasteiger partial charge in [0.15, 0.2) is 0 Å². The van der Waals surface area contributed by atoms with Gasteiger partial charge in [0.2, 0.25) is 0 Å². The smallest absolute Gasteiger partial charge is 0.312 e. The number of allylic oxidation sites excluding steroid dienone is 1. The number of cyclic esters (lactones) is 1. The first-order valence-electron chi connectivity index (χ1n) is 4.64. The Bertz CT molecular complexity index is 200. The van der Waals surface area contributed by atoms with Gasteiger partial charge in [-0.25, -0.2) is 0 Å². The molecule has 0 aromatic heterocycles. The number of rotatable bonds is 5. The van der Waals surface area contributed by atoms with Gasteiger partial charge in [0.25, 0.3) is 0 Å². The maximum atomic E-state index is 10.7. The zero-order chi connectivity index (χ0) is 9.84. The van der Waals surface area contributed by atoms with Gasteiger partial charge >= 0.3 is 5.97 Å². The Balaban J connectivity index is 2.17. The number of esters is 1. The lowest BCUT2D eigenvalue weighted by Gasteiger charge is -2.33. The lowest BCUT2D eigenvalue weighted by atomic mass is 9.93. The van der Waals surface area contributed by atoms with Gasteiger partial charge in [0.05, 0.1) is 12.0 Å². The van der Waals surface area contributed by atoms with Crippen molar-refractivity contribution in [3.8, 4) is 0 Å². The minimum atomic E-state index is -0.376. The summed E-state index contributed by atoms with van der Waals surface area (Å²) >= 11 is 0. The second kappa shape index (κ2) is 4.42. The Morgan fingerprint density at radius 1 is 1.77 bits per heavy atom. The number of hydrogen-bond donors (Lipinski definition) is 1. The molecule has 0 aliphatic carbocycles. The van der Waals surface area contributed by atoms with Crippen LogP contribution in [0.3, 0.4) is 0 Å². The second-order valence-corrected chi connectivity index (χ2v) is 3.52. The van der Waals surface area contributed by atoms with Crippen LogP contribution in [0.4, 0.5) is 0 Å². The summed E-state index contributed by atoms with van der Waals surface area (Å²) in [7, 11) is 0. The molecule has 3 heteroatoms. The summed E-state index contributed by atoms with van der Waals surface area (Å²) in [4.78, 5) is 10.7. The highest BCUT2D eigenvalue weighted by molar-refractivity contribution is 5.77. The molecule has 1 aliphatic heterocycles. The fourth-order valence-electron chi connectivity index (χ4n) is 1.39. The fraction of sp³-hybridized carbons (Fsp3) is 0.700. The van der Waals surface area contributed by atoms with Crippen LogP contribution in [0.5, 0.6) is 0 Å². The monoisotopic (exact) mass is 184 g/mol. The van der Waals surface area contributed by atoms with Crippen molar-refractivity contribution in [2.75, 3.05) is 0 Å². The van der Waals surface area contributed by atoms with Gasteiger partial charge in [-0.05, 0) is 19.8 Å². The molecule has 1 saturated heterocycles. The Morgan fingerprint density at radius 2 is 2.46 bits per heavy atom. The molecule has 3 atom stereocenters. The maximum Gasteiger partial charge on any atom is 0.312 e. The molecule has 1 rings (SSSR count). The van der Waals surface area contributed by atoms with Crippen LogP contribution < -0.4 is 0 Å². The number of hydrogen-bond acceptors (Lipinski definition) is 3. The molecule has 0 aromatic rings. The van der Waals surface area contributed by atoms with Crippen LogP contribution in [-0.2, 0) is 9.53 Å². The molecule has 74 valence electrons. The minimum absolute atomic E-state index is 0.0432. The molecule has 3 nitrogen and oxygen atoms in total. The van der Waals surface area contributed by atoms with Gasteiger partial charge in [0, 0.05) is 6.42 Å². The van der Waals surface area contributed by atoms with Gasteiger partial charge < -0.3 is 9.84 Å². The zero-order valence-corrected chi connectivity index (χ0v) is 7.90. The van der Waals surface area contributed by atoms with E-state index < -0.39 is 0 Å².